The normalized spacial score (nSPS) is 23.1. The molecule has 5 heteroatoms. The van der Waals surface area contributed by atoms with E-state index in [1.54, 1.807) is 6.07 Å². The van der Waals surface area contributed by atoms with Crippen LogP contribution in [0.5, 0.6) is 11.5 Å². The molecule has 4 rings (SSSR count). The number of ether oxygens (including phenoxy) is 2. The molecule has 20 heavy (non-hydrogen) atoms. The van der Waals surface area contributed by atoms with Gasteiger partial charge in [-0.2, -0.15) is 0 Å². The van der Waals surface area contributed by atoms with Gasteiger partial charge in [0.05, 0.1) is 11.1 Å². The highest BCUT2D eigenvalue weighted by atomic mass is 16.6. The first-order chi connectivity index (χ1) is 9.67. The van der Waals surface area contributed by atoms with Crippen LogP contribution in [0.25, 0.3) is 0 Å². The molecule has 0 unspecified atom stereocenters. The Bertz CT molecular complexity index is 562. The number of carbonyl (C=O) groups is 1. The van der Waals surface area contributed by atoms with Crippen molar-refractivity contribution in [3.05, 3.63) is 23.8 Å². The molecular weight excluding hydrogens is 256 g/mol. The fraction of sp³-hybridized carbons (Fsp3) is 0.533. The third kappa shape index (κ3) is 1.77. The van der Waals surface area contributed by atoms with Gasteiger partial charge in [-0.05, 0) is 30.9 Å². The molecule has 2 N–H and O–H groups in total. The lowest BCUT2D eigenvalue weighted by Crippen LogP contribution is -2.69. The Balaban J connectivity index is 1.55. The van der Waals surface area contributed by atoms with E-state index in [1.807, 2.05) is 17.0 Å². The lowest BCUT2D eigenvalue weighted by atomic mass is 9.85. The SMILES string of the molecule is NC1(C2CC2)CN(C(=O)c2cccc3c2OCCO3)C1. The van der Waals surface area contributed by atoms with Crippen LogP contribution in [0.4, 0.5) is 0 Å². The summed E-state index contributed by atoms with van der Waals surface area (Å²) in [6.45, 7) is 2.32. The maximum atomic E-state index is 12.6. The van der Waals surface area contributed by atoms with Crippen LogP contribution in [0.2, 0.25) is 0 Å². The second-order valence-corrected chi connectivity index (χ2v) is 6.00. The Labute approximate surface area is 117 Å². The molecule has 0 spiro atoms. The van der Waals surface area contributed by atoms with Gasteiger partial charge in [0, 0.05) is 13.1 Å². The van der Waals surface area contributed by atoms with Gasteiger partial charge in [0.1, 0.15) is 13.2 Å². The highest BCUT2D eigenvalue weighted by Gasteiger charge is 2.52. The predicted molar refractivity (Wildman–Crippen MR) is 73.0 cm³/mol. The smallest absolute Gasteiger partial charge is 0.257 e. The Hall–Kier alpha value is -1.75. The van der Waals surface area contributed by atoms with Gasteiger partial charge < -0.3 is 20.1 Å². The molecule has 5 nitrogen and oxygen atoms in total. The van der Waals surface area contributed by atoms with Crippen LogP contribution in [0.15, 0.2) is 18.2 Å². The van der Waals surface area contributed by atoms with E-state index in [4.69, 9.17) is 15.2 Å². The van der Waals surface area contributed by atoms with Crippen molar-refractivity contribution in [2.45, 2.75) is 18.4 Å². The first kappa shape index (κ1) is 12.0. The van der Waals surface area contributed by atoms with E-state index >= 15 is 0 Å². The lowest BCUT2D eigenvalue weighted by molar-refractivity contribution is 0.0343. The van der Waals surface area contributed by atoms with Crippen molar-refractivity contribution in [2.75, 3.05) is 26.3 Å². The van der Waals surface area contributed by atoms with Gasteiger partial charge >= 0.3 is 0 Å². The monoisotopic (exact) mass is 274 g/mol. The molecule has 2 heterocycles. The zero-order chi connectivity index (χ0) is 13.7. The second kappa shape index (κ2) is 4.12. The van der Waals surface area contributed by atoms with Crippen LogP contribution in [0.3, 0.4) is 0 Å². The van der Waals surface area contributed by atoms with Gasteiger partial charge in [0.15, 0.2) is 11.5 Å². The molecule has 1 aromatic carbocycles. The minimum absolute atomic E-state index is 0.00549. The molecule has 0 radical (unpaired) electrons. The van der Waals surface area contributed by atoms with Crippen LogP contribution in [0.1, 0.15) is 23.2 Å². The zero-order valence-electron chi connectivity index (χ0n) is 11.3. The molecule has 3 aliphatic rings. The highest BCUT2D eigenvalue weighted by Crippen LogP contribution is 2.44. The van der Waals surface area contributed by atoms with Gasteiger partial charge in [0.2, 0.25) is 0 Å². The molecule has 0 aromatic heterocycles. The van der Waals surface area contributed by atoms with E-state index in [0.29, 0.717) is 49.3 Å². The first-order valence-electron chi connectivity index (χ1n) is 7.14. The Morgan fingerprint density at radius 1 is 1.25 bits per heavy atom. The van der Waals surface area contributed by atoms with E-state index in [2.05, 4.69) is 0 Å². The van der Waals surface area contributed by atoms with Gasteiger partial charge in [-0.3, -0.25) is 4.79 Å². The average molecular weight is 274 g/mol. The molecule has 106 valence electrons. The topological polar surface area (TPSA) is 64.8 Å². The van der Waals surface area contributed by atoms with Gasteiger partial charge in [-0.25, -0.2) is 0 Å². The fourth-order valence-electron chi connectivity index (χ4n) is 3.14. The summed E-state index contributed by atoms with van der Waals surface area (Å²) < 4.78 is 11.1. The number of likely N-dealkylation sites (tertiary alicyclic amines) is 1. The van der Waals surface area contributed by atoms with E-state index in [0.717, 1.165) is 0 Å². The number of hydrogen-bond acceptors (Lipinski definition) is 4. The number of fused-ring (bicyclic) bond motifs is 1. The summed E-state index contributed by atoms with van der Waals surface area (Å²) in [4.78, 5) is 14.4. The first-order valence-corrected chi connectivity index (χ1v) is 7.14. The fourth-order valence-corrected chi connectivity index (χ4v) is 3.14. The van der Waals surface area contributed by atoms with Crippen LogP contribution in [0, 0.1) is 5.92 Å². The van der Waals surface area contributed by atoms with Crippen molar-refractivity contribution < 1.29 is 14.3 Å². The van der Waals surface area contributed by atoms with Crippen molar-refractivity contribution in [1.29, 1.82) is 0 Å². The molecule has 1 saturated carbocycles. The minimum Gasteiger partial charge on any atom is -0.486 e. The number of nitrogens with zero attached hydrogens (tertiary/aromatic N) is 1. The molecule has 0 bridgehead atoms. The van der Waals surface area contributed by atoms with E-state index < -0.39 is 0 Å². The van der Waals surface area contributed by atoms with Crippen LogP contribution >= 0.6 is 0 Å². The molecule has 0 atom stereocenters. The van der Waals surface area contributed by atoms with Gasteiger partial charge in [-0.15, -0.1) is 0 Å². The Kier molecular flexibility index (Phi) is 2.48. The number of hydrogen-bond donors (Lipinski definition) is 1. The molecule has 2 fully saturated rings. The zero-order valence-corrected chi connectivity index (χ0v) is 11.3. The quantitative estimate of drug-likeness (QED) is 0.874. The summed E-state index contributed by atoms with van der Waals surface area (Å²) >= 11 is 0. The van der Waals surface area contributed by atoms with Crippen molar-refractivity contribution in [3.8, 4) is 11.5 Å². The predicted octanol–water partition coefficient (Wildman–Crippen LogP) is 1.02. The molecule has 2 aliphatic heterocycles. The van der Waals surface area contributed by atoms with Crippen LogP contribution < -0.4 is 15.2 Å². The van der Waals surface area contributed by atoms with Crippen molar-refractivity contribution in [3.63, 3.8) is 0 Å². The summed E-state index contributed by atoms with van der Waals surface area (Å²) in [7, 11) is 0. The lowest BCUT2D eigenvalue weighted by Gasteiger charge is -2.48. The largest absolute Gasteiger partial charge is 0.486 e. The Morgan fingerprint density at radius 3 is 2.75 bits per heavy atom. The number of rotatable bonds is 2. The van der Waals surface area contributed by atoms with Gasteiger partial charge in [-0.1, -0.05) is 6.07 Å². The molecular formula is C15H18N2O3. The summed E-state index contributed by atoms with van der Waals surface area (Å²) in [5.74, 6) is 1.83. The van der Waals surface area contributed by atoms with Crippen molar-refractivity contribution in [2.24, 2.45) is 11.7 Å². The summed E-state index contributed by atoms with van der Waals surface area (Å²) in [6.07, 6.45) is 2.41. The summed E-state index contributed by atoms with van der Waals surface area (Å²) in [6, 6.07) is 5.46. The maximum absolute atomic E-state index is 12.6. The van der Waals surface area contributed by atoms with Gasteiger partial charge in [0.25, 0.3) is 5.91 Å². The molecule has 1 saturated heterocycles. The number of carbonyl (C=O) groups excluding carboxylic acids is 1. The number of para-hydroxylation sites is 1. The Morgan fingerprint density at radius 2 is 2.00 bits per heavy atom. The summed E-state index contributed by atoms with van der Waals surface area (Å²) in [5.41, 5.74) is 6.73. The van der Waals surface area contributed by atoms with Crippen LogP contribution in [-0.4, -0.2) is 42.6 Å². The third-order valence-electron chi connectivity index (χ3n) is 4.44. The maximum Gasteiger partial charge on any atom is 0.257 e. The standard InChI is InChI=1S/C15H18N2O3/c16-15(10-4-5-10)8-17(9-15)14(18)11-2-1-3-12-13(11)20-7-6-19-12/h1-3,10H,4-9,16H2. The number of amides is 1. The van der Waals surface area contributed by atoms with E-state index in [1.165, 1.54) is 12.8 Å². The second-order valence-electron chi connectivity index (χ2n) is 6.00. The van der Waals surface area contributed by atoms with Crippen molar-refractivity contribution in [1.82, 2.24) is 4.90 Å². The number of benzene rings is 1. The molecule has 1 aliphatic carbocycles. The molecule has 1 aromatic rings. The van der Waals surface area contributed by atoms with E-state index in [-0.39, 0.29) is 11.4 Å². The van der Waals surface area contributed by atoms with E-state index in [9.17, 15) is 4.79 Å². The summed E-state index contributed by atoms with van der Waals surface area (Å²) in [5, 5.41) is 0. The van der Waals surface area contributed by atoms with Crippen molar-refractivity contribution >= 4 is 5.91 Å². The molecule has 1 amide bonds. The van der Waals surface area contributed by atoms with Crippen LogP contribution in [-0.2, 0) is 0 Å². The highest BCUT2D eigenvalue weighted by molar-refractivity contribution is 5.98. The number of nitrogens with two attached hydrogens (primary N) is 1. The minimum atomic E-state index is -0.151. The third-order valence-corrected chi connectivity index (χ3v) is 4.44. The average Bonchev–Trinajstić information content (AvgIpc) is 3.27.